The maximum Gasteiger partial charge on any atom is 0.0702 e. The lowest BCUT2D eigenvalue weighted by Crippen LogP contribution is -1.87. The Hall–Kier alpha value is -1.02. The van der Waals surface area contributed by atoms with Crippen molar-refractivity contribution in [2.24, 2.45) is 0 Å². The first kappa shape index (κ1) is 9.53. The highest BCUT2D eigenvalue weighted by Gasteiger charge is 1.97. The molecule has 0 saturated heterocycles. The van der Waals surface area contributed by atoms with E-state index in [4.69, 9.17) is 0 Å². The molecule has 0 atom stereocenters. The van der Waals surface area contributed by atoms with Gasteiger partial charge in [0.15, 0.2) is 0 Å². The molecule has 14 heavy (non-hydrogen) atoms. The number of aryl methyl sites for hydroxylation is 2. The minimum atomic E-state index is 0.894. The van der Waals surface area contributed by atoms with E-state index in [9.17, 15) is 0 Å². The Balaban J connectivity index is 2.52. The van der Waals surface area contributed by atoms with E-state index < -0.39 is 0 Å². The summed E-state index contributed by atoms with van der Waals surface area (Å²) in [6.07, 6.45) is 2.92. The predicted molar refractivity (Wildman–Crippen MR) is 64.0 cm³/mol. The fourth-order valence-electron chi connectivity index (χ4n) is 1.58. The van der Waals surface area contributed by atoms with E-state index in [0.29, 0.717) is 0 Å². The van der Waals surface area contributed by atoms with Crippen molar-refractivity contribution in [3.05, 3.63) is 41.6 Å². The number of hydrogen-bond acceptors (Lipinski definition) is 2. The number of pyridine rings is 1. The molecule has 0 saturated carbocycles. The summed E-state index contributed by atoms with van der Waals surface area (Å²) in [5, 5.41) is 1.23. The van der Waals surface area contributed by atoms with Crippen molar-refractivity contribution in [3.63, 3.8) is 0 Å². The van der Waals surface area contributed by atoms with Gasteiger partial charge in [0.05, 0.1) is 5.52 Å². The molecule has 0 N–H and O–H groups in total. The largest absolute Gasteiger partial charge is 0.256 e. The Morgan fingerprint density at radius 2 is 2.14 bits per heavy atom. The van der Waals surface area contributed by atoms with Gasteiger partial charge in [0.2, 0.25) is 0 Å². The van der Waals surface area contributed by atoms with Crippen LogP contribution in [0.25, 0.3) is 10.9 Å². The second-order valence-corrected chi connectivity index (χ2v) is 3.96. The van der Waals surface area contributed by atoms with E-state index in [1.165, 1.54) is 16.5 Å². The molecular weight excluding hydrogens is 190 g/mol. The zero-order valence-electron chi connectivity index (χ0n) is 8.20. The van der Waals surface area contributed by atoms with Crippen LogP contribution in [-0.4, -0.2) is 10.7 Å². The molecule has 0 aliphatic rings. The zero-order valence-corrected chi connectivity index (χ0v) is 9.09. The van der Waals surface area contributed by atoms with E-state index in [1.54, 1.807) is 0 Å². The number of hydrogen-bond donors (Lipinski definition) is 1. The fourth-order valence-corrected chi connectivity index (χ4v) is 1.83. The molecule has 1 aromatic heterocycles. The van der Waals surface area contributed by atoms with Crippen molar-refractivity contribution >= 4 is 23.5 Å². The molecule has 0 aliphatic heterocycles. The van der Waals surface area contributed by atoms with Crippen LogP contribution in [0, 0.1) is 6.92 Å². The molecule has 0 aliphatic carbocycles. The number of aromatic nitrogens is 1. The van der Waals surface area contributed by atoms with Crippen molar-refractivity contribution in [2.75, 3.05) is 5.75 Å². The summed E-state index contributed by atoms with van der Waals surface area (Å²) in [6.45, 7) is 2.07. The summed E-state index contributed by atoms with van der Waals surface area (Å²) in [5.41, 5.74) is 3.61. The molecule has 0 radical (unpaired) electrons. The van der Waals surface area contributed by atoms with Crippen LogP contribution in [0.4, 0.5) is 0 Å². The Kier molecular flexibility index (Phi) is 2.73. The second kappa shape index (κ2) is 4.01. The molecule has 0 spiro atoms. The van der Waals surface area contributed by atoms with Gasteiger partial charge in [-0.1, -0.05) is 6.07 Å². The first-order chi connectivity index (χ1) is 6.79. The zero-order chi connectivity index (χ0) is 9.97. The SMILES string of the molecule is Cc1cnc2ccc(CCS)cc2c1. The second-order valence-electron chi connectivity index (χ2n) is 3.51. The summed E-state index contributed by atoms with van der Waals surface area (Å²) in [4.78, 5) is 4.36. The molecule has 0 amide bonds. The van der Waals surface area contributed by atoms with Crippen molar-refractivity contribution in [3.8, 4) is 0 Å². The summed E-state index contributed by atoms with van der Waals surface area (Å²) in [5.74, 6) is 0.894. The first-order valence-corrected chi connectivity index (χ1v) is 5.39. The quantitative estimate of drug-likeness (QED) is 0.740. The van der Waals surface area contributed by atoms with Crippen LogP contribution < -0.4 is 0 Å². The van der Waals surface area contributed by atoms with Gasteiger partial charge in [-0.15, -0.1) is 0 Å². The summed E-state index contributed by atoms with van der Waals surface area (Å²) in [6, 6.07) is 8.57. The lowest BCUT2D eigenvalue weighted by atomic mass is 10.1. The van der Waals surface area contributed by atoms with Crippen molar-refractivity contribution < 1.29 is 0 Å². The highest BCUT2D eigenvalue weighted by atomic mass is 32.1. The van der Waals surface area contributed by atoms with E-state index in [-0.39, 0.29) is 0 Å². The van der Waals surface area contributed by atoms with Gasteiger partial charge in [-0.3, -0.25) is 4.98 Å². The summed E-state index contributed by atoms with van der Waals surface area (Å²) in [7, 11) is 0. The lowest BCUT2D eigenvalue weighted by molar-refractivity contribution is 1.17. The standard InChI is InChI=1S/C12H13NS/c1-9-6-11-7-10(4-5-14)2-3-12(11)13-8-9/h2-3,6-8,14H,4-5H2,1H3. The first-order valence-electron chi connectivity index (χ1n) is 4.76. The average molecular weight is 203 g/mol. The van der Waals surface area contributed by atoms with Crippen LogP contribution in [-0.2, 0) is 6.42 Å². The van der Waals surface area contributed by atoms with Gasteiger partial charge < -0.3 is 0 Å². The van der Waals surface area contributed by atoms with E-state index >= 15 is 0 Å². The third-order valence-corrected chi connectivity index (χ3v) is 2.51. The molecule has 72 valence electrons. The van der Waals surface area contributed by atoms with Crippen LogP contribution >= 0.6 is 12.6 Å². The van der Waals surface area contributed by atoms with Crippen LogP contribution in [0.1, 0.15) is 11.1 Å². The summed E-state index contributed by atoms with van der Waals surface area (Å²) < 4.78 is 0. The minimum Gasteiger partial charge on any atom is -0.256 e. The number of thiol groups is 1. The van der Waals surface area contributed by atoms with Gasteiger partial charge in [-0.05, 0) is 48.4 Å². The van der Waals surface area contributed by atoms with Crippen LogP contribution in [0.2, 0.25) is 0 Å². The molecule has 1 heterocycles. The Morgan fingerprint density at radius 1 is 1.29 bits per heavy atom. The normalized spacial score (nSPS) is 10.7. The molecule has 2 aromatic rings. The third kappa shape index (κ3) is 1.90. The lowest BCUT2D eigenvalue weighted by Gasteiger charge is -2.02. The molecule has 2 heteroatoms. The predicted octanol–water partition coefficient (Wildman–Crippen LogP) is 3.02. The van der Waals surface area contributed by atoms with Crippen molar-refractivity contribution in [2.45, 2.75) is 13.3 Å². The number of fused-ring (bicyclic) bond motifs is 1. The van der Waals surface area contributed by atoms with Gasteiger partial charge in [0, 0.05) is 11.6 Å². The third-order valence-electron chi connectivity index (χ3n) is 2.28. The van der Waals surface area contributed by atoms with E-state index in [1.807, 2.05) is 6.20 Å². The van der Waals surface area contributed by atoms with Gasteiger partial charge >= 0.3 is 0 Å². The van der Waals surface area contributed by atoms with Gasteiger partial charge in [-0.25, -0.2) is 0 Å². The maximum absolute atomic E-state index is 4.36. The smallest absolute Gasteiger partial charge is 0.0702 e. The average Bonchev–Trinajstić information content (AvgIpc) is 2.17. The van der Waals surface area contributed by atoms with E-state index in [2.05, 4.69) is 48.8 Å². The Morgan fingerprint density at radius 3 is 2.93 bits per heavy atom. The number of rotatable bonds is 2. The number of nitrogens with zero attached hydrogens (tertiary/aromatic N) is 1. The van der Waals surface area contributed by atoms with Crippen LogP contribution in [0.5, 0.6) is 0 Å². The molecular formula is C12H13NS. The monoisotopic (exact) mass is 203 g/mol. The molecule has 0 unspecified atom stereocenters. The van der Waals surface area contributed by atoms with Gasteiger partial charge in [0.1, 0.15) is 0 Å². The van der Waals surface area contributed by atoms with Gasteiger partial charge in [0.25, 0.3) is 0 Å². The van der Waals surface area contributed by atoms with Crippen LogP contribution in [0.3, 0.4) is 0 Å². The van der Waals surface area contributed by atoms with Crippen LogP contribution in [0.15, 0.2) is 30.5 Å². The molecule has 0 fully saturated rings. The number of benzene rings is 1. The molecule has 1 nitrogen and oxygen atoms in total. The molecule has 0 bridgehead atoms. The van der Waals surface area contributed by atoms with E-state index in [0.717, 1.165) is 17.7 Å². The highest BCUT2D eigenvalue weighted by Crippen LogP contribution is 2.15. The molecule has 2 rings (SSSR count). The van der Waals surface area contributed by atoms with Gasteiger partial charge in [-0.2, -0.15) is 12.6 Å². The fraction of sp³-hybridized carbons (Fsp3) is 0.250. The topological polar surface area (TPSA) is 12.9 Å². The Bertz CT molecular complexity index is 451. The minimum absolute atomic E-state index is 0.894. The van der Waals surface area contributed by atoms with Crippen molar-refractivity contribution in [1.82, 2.24) is 4.98 Å². The Labute approximate surface area is 89.6 Å². The summed E-state index contributed by atoms with van der Waals surface area (Å²) >= 11 is 4.23. The highest BCUT2D eigenvalue weighted by molar-refractivity contribution is 7.80. The molecule has 1 aromatic carbocycles. The van der Waals surface area contributed by atoms with Crippen molar-refractivity contribution in [1.29, 1.82) is 0 Å². The maximum atomic E-state index is 4.36.